The number of aliphatic hydroxyl groups excluding tert-OH is 1. The minimum atomic E-state index is -0.0158. The van der Waals surface area contributed by atoms with Crippen molar-refractivity contribution in [1.29, 1.82) is 5.26 Å². The van der Waals surface area contributed by atoms with Gasteiger partial charge in [0, 0.05) is 31.5 Å². The average Bonchev–Trinajstić information content (AvgIpc) is 3.56. The number of ether oxygens (including phenoxy) is 1. The lowest BCUT2D eigenvalue weighted by Crippen LogP contribution is -2.45. The zero-order chi connectivity index (χ0) is 25.9. The van der Waals surface area contributed by atoms with E-state index in [-0.39, 0.29) is 24.8 Å². The molecule has 0 radical (unpaired) electrons. The number of nitrogens with zero attached hydrogens (tertiary/aromatic N) is 3. The number of fused-ring (bicyclic) bond motifs is 1. The van der Waals surface area contributed by atoms with E-state index < -0.39 is 0 Å². The molecule has 1 fully saturated rings. The molecule has 1 aliphatic heterocycles. The summed E-state index contributed by atoms with van der Waals surface area (Å²) >= 11 is 1.61. The maximum absolute atomic E-state index is 12.9. The normalized spacial score (nSPS) is 17.5. The second-order valence-corrected chi connectivity index (χ2v) is 11.1. The number of piperidine rings is 1. The number of hydrogen-bond donors (Lipinski definition) is 2. The van der Waals surface area contributed by atoms with Gasteiger partial charge in [-0.1, -0.05) is 18.2 Å². The number of carbonyl (C=O) groups excluding carboxylic acids is 1. The monoisotopic (exact) mass is 516 g/mol. The molecular formula is C29H32N4O3S. The van der Waals surface area contributed by atoms with Gasteiger partial charge in [-0.25, -0.2) is 9.78 Å². The van der Waals surface area contributed by atoms with Crippen LogP contribution in [0, 0.1) is 17.2 Å². The summed E-state index contributed by atoms with van der Waals surface area (Å²) in [6.07, 6.45) is 5.38. The standard InChI is InChI=1S/C29H32N4O3S/c1-18(2)36-26-9-6-20(14-21(26)15-30)28-31-16-27(37-28)24-5-3-4-23-22(24)7-8-25(23)32-29(35)33-12-10-19(17-34)11-13-33/h3-6,9,14,16,18-19,25,34H,7-8,10-13,17H2,1-2H3,(H,32,35)/t25-/m1/s1. The number of benzene rings is 2. The number of hydrogen-bond acceptors (Lipinski definition) is 6. The predicted molar refractivity (Wildman–Crippen MR) is 144 cm³/mol. The fraction of sp³-hybridized carbons (Fsp3) is 0.414. The molecule has 0 bridgehead atoms. The second kappa shape index (κ2) is 10.9. The highest BCUT2D eigenvalue weighted by molar-refractivity contribution is 7.18. The van der Waals surface area contributed by atoms with Gasteiger partial charge in [-0.15, -0.1) is 11.3 Å². The van der Waals surface area contributed by atoms with E-state index in [0.29, 0.717) is 30.3 Å². The number of likely N-dealkylation sites (tertiary alicyclic amines) is 1. The van der Waals surface area contributed by atoms with Crippen LogP contribution >= 0.6 is 11.3 Å². The summed E-state index contributed by atoms with van der Waals surface area (Å²) in [5.74, 6) is 0.894. The van der Waals surface area contributed by atoms with Crippen LogP contribution in [-0.2, 0) is 6.42 Å². The van der Waals surface area contributed by atoms with E-state index in [1.165, 1.54) is 11.1 Å². The molecule has 7 nitrogen and oxygen atoms in total. The lowest BCUT2D eigenvalue weighted by atomic mass is 9.98. The molecule has 37 heavy (non-hydrogen) atoms. The SMILES string of the molecule is CC(C)Oc1ccc(-c2ncc(-c3cccc4c3CC[C@H]4NC(=O)N3CCC(CO)CC3)s2)cc1C#N. The van der Waals surface area contributed by atoms with Crippen molar-refractivity contribution in [2.75, 3.05) is 19.7 Å². The quantitative estimate of drug-likeness (QED) is 0.448. The molecule has 192 valence electrons. The third-order valence-electron chi connectivity index (χ3n) is 7.21. The largest absolute Gasteiger partial charge is 0.490 e. The van der Waals surface area contributed by atoms with Crippen molar-refractivity contribution in [3.63, 3.8) is 0 Å². The third-order valence-corrected chi connectivity index (χ3v) is 8.29. The van der Waals surface area contributed by atoms with Crippen molar-refractivity contribution in [2.24, 2.45) is 5.92 Å². The molecule has 2 N–H and O–H groups in total. The van der Waals surface area contributed by atoms with Gasteiger partial charge >= 0.3 is 6.03 Å². The minimum absolute atomic E-state index is 0.00269. The van der Waals surface area contributed by atoms with Gasteiger partial charge in [-0.2, -0.15) is 5.26 Å². The van der Waals surface area contributed by atoms with Gasteiger partial charge in [-0.3, -0.25) is 0 Å². The van der Waals surface area contributed by atoms with E-state index in [1.807, 2.05) is 43.1 Å². The number of amides is 2. The van der Waals surface area contributed by atoms with E-state index in [9.17, 15) is 15.2 Å². The molecule has 2 heterocycles. The highest BCUT2D eigenvalue weighted by Gasteiger charge is 2.29. The first-order valence-electron chi connectivity index (χ1n) is 12.9. The van der Waals surface area contributed by atoms with Gasteiger partial charge in [0.05, 0.1) is 22.6 Å². The van der Waals surface area contributed by atoms with Gasteiger partial charge < -0.3 is 20.1 Å². The Morgan fingerprint density at radius 3 is 2.81 bits per heavy atom. The van der Waals surface area contributed by atoms with E-state index in [1.54, 1.807) is 11.3 Å². The number of nitriles is 1. The summed E-state index contributed by atoms with van der Waals surface area (Å²) in [7, 11) is 0. The van der Waals surface area contributed by atoms with E-state index in [2.05, 4.69) is 34.6 Å². The zero-order valence-corrected chi connectivity index (χ0v) is 22.1. The molecule has 2 aliphatic rings. The predicted octanol–water partition coefficient (Wildman–Crippen LogP) is 5.54. The zero-order valence-electron chi connectivity index (χ0n) is 21.2. The Kier molecular flexibility index (Phi) is 7.45. The Morgan fingerprint density at radius 1 is 1.27 bits per heavy atom. The lowest BCUT2D eigenvalue weighted by molar-refractivity contribution is 0.135. The average molecular weight is 517 g/mol. The van der Waals surface area contributed by atoms with E-state index in [4.69, 9.17) is 4.74 Å². The number of aromatic nitrogens is 1. The Labute approximate surface area is 221 Å². The number of nitrogens with one attached hydrogen (secondary N) is 1. The number of thiazole rings is 1. The minimum Gasteiger partial charge on any atom is -0.490 e. The van der Waals surface area contributed by atoms with Crippen molar-refractivity contribution in [3.05, 3.63) is 59.3 Å². The molecule has 3 aromatic rings. The van der Waals surface area contributed by atoms with Gasteiger partial charge in [0.1, 0.15) is 16.8 Å². The fourth-order valence-electron chi connectivity index (χ4n) is 5.23. The Balaban J connectivity index is 1.33. The van der Waals surface area contributed by atoms with Crippen molar-refractivity contribution in [3.8, 4) is 32.8 Å². The van der Waals surface area contributed by atoms with Crippen LogP contribution in [0.3, 0.4) is 0 Å². The second-order valence-electron chi connectivity index (χ2n) is 10.0. The Hall–Kier alpha value is -3.41. The molecule has 0 spiro atoms. The van der Waals surface area contributed by atoms with Crippen molar-refractivity contribution >= 4 is 17.4 Å². The van der Waals surface area contributed by atoms with E-state index in [0.717, 1.165) is 46.7 Å². The lowest BCUT2D eigenvalue weighted by Gasteiger charge is -2.32. The van der Waals surface area contributed by atoms with Crippen molar-refractivity contribution in [1.82, 2.24) is 15.2 Å². The summed E-state index contributed by atoms with van der Waals surface area (Å²) in [6.45, 7) is 5.47. The van der Waals surface area contributed by atoms with Crippen LogP contribution in [-0.4, -0.2) is 46.8 Å². The summed E-state index contributed by atoms with van der Waals surface area (Å²) in [5, 5.41) is 23.1. The molecule has 0 saturated carbocycles. The molecule has 1 aromatic heterocycles. The first-order valence-corrected chi connectivity index (χ1v) is 13.7. The van der Waals surface area contributed by atoms with Crippen molar-refractivity contribution in [2.45, 2.75) is 51.7 Å². The Bertz CT molecular complexity index is 1320. The molecular weight excluding hydrogens is 484 g/mol. The molecule has 0 unspecified atom stereocenters. The fourth-order valence-corrected chi connectivity index (χ4v) is 6.20. The van der Waals surface area contributed by atoms with Gasteiger partial charge in [0.15, 0.2) is 0 Å². The van der Waals surface area contributed by atoms with Crippen LogP contribution in [0.4, 0.5) is 4.79 Å². The van der Waals surface area contributed by atoms with Crippen LogP contribution in [0.2, 0.25) is 0 Å². The maximum Gasteiger partial charge on any atom is 0.317 e. The van der Waals surface area contributed by atoms with Gasteiger partial charge in [0.25, 0.3) is 0 Å². The van der Waals surface area contributed by atoms with Crippen molar-refractivity contribution < 1.29 is 14.6 Å². The third kappa shape index (κ3) is 5.34. The molecule has 1 atom stereocenters. The van der Waals surface area contributed by atoms with Crippen LogP contribution in [0.25, 0.3) is 21.0 Å². The van der Waals surface area contributed by atoms with Crippen LogP contribution in [0.1, 0.15) is 55.8 Å². The first-order chi connectivity index (χ1) is 18.0. The van der Waals surface area contributed by atoms with E-state index >= 15 is 0 Å². The summed E-state index contributed by atoms with van der Waals surface area (Å²) in [6, 6.07) is 14.1. The summed E-state index contributed by atoms with van der Waals surface area (Å²) in [4.78, 5) is 20.5. The summed E-state index contributed by atoms with van der Waals surface area (Å²) in [5.41, 5.74) is 4.99. The van der Waals surface area contributed by atoms with Crippen LogP contribution in [0.15, 0.2) is 42.6 Å². The Morgan fingerprint density at radius 2 is 2.08 bits per heavy atom. The number of rotatable bonds is 6. The molecule has 1 aliphatic carbocycles. The highest BCUT2D eigenvalue weighted by atomic mass is 32.1. The summed E-state index contributed by atoms with van der Waals surface area (Å²) < 4.78 is 5.76. The first kappa shape index (κ1) is 25.2. The molecule has 2 aromatic carbocycles. The number of urea groups is 1. The highest BCUT2D eigenvalue weighted by Crippen LogP contribution is 2.41. The van der Waals surface area contributed by atoms with Gasteiger partial charge in [0.2, 0.25) is 0 Å². The molecule has 5 rings (SSSR count). The molecule has 8 heteroatoms. The van der Waals surface area contributed by atoms with Crippen LogP contribution in [0.5, 0.6) is 5.75 Å². The number of aliphatic hydroxyl groups is 1. The topological polar surface area (TPSA) is 98.5 Å². The van der Waals surface area contributed by atoms with Crippen LogP contribution < -0.4 is 10.1 Å². The smallest absolute Gasteiger partial charge is 0.317 e. The maximum atomic E-state index is 12.9. The number of carbonyl (C=O) groups is 1. The van der Waals surface area contributed by atoms with Gasteiger partial charge in [-0.05, 0) is 80.3 Å². The molecule has 1 saturated heterocycles. The molecule has 2 amide bonds.